The molecule has 0 saturated carbocycles. The molecule has 3 aromatic carbocycles. The van der Waals surface area contributed by atoms with Crippen LogP contribution in [0.4, 0.5) is 11.4 Å². The topological polar surface area (TPSA) is 61.4 Å². The smallest absolute Gasteiger partial charge is 0.251 e. The van der Waals surface area contributed by atoms with Crippen LogP contribution >= 0.6 is 0 Å². The van der Waals surface area contributed by atoms with Crippen molar-refractivity contribution in [1.29, 1.82) is 0 Å². The summed E-state index contributed by atoms with van der Waals surface area (Å²) in [6.07, 6.45) is 1.76. The fourth-order valence-corrected chi connectivity index (χ4v) is 4.12. The first-order valence-corrected chi connectivity index (χ1v) is 10.5. The predicted octanol–water partition coefficient (Wildman–Crippen LogP) is 4.37. The lowest BCUT2D eigenvalue weighted by Crippen LogP contribution is -2.38. The number of fused-ring (bicyclic) bond motifs is 2. The molecular formula is C25H27N3O2. The van der Waals surface area contributed by atoms with E-state index in [-0.39, 0.29) is 24.4 Å². The quantitative estimate of drug-likeness (QED) is 0.667. The van der Waals surface area contributed by atoms with Crippen molar-refractivity contribution in [2.75, 3.05) is 23.3 Å². The molecule has 1 aliphatic rings. The second-order valence-corrected chi connectivity index (χ2v) is 8.03. The summed E-state index contributed by atoms with van der Waals surface area (Å²) in [6.45, 7) is 4.96. The second-order valence-electron chi connectivity index (χ2n) is 8.03. The van der Waals surface area contributed by atoms with E-state index in [0.717, 1.165) is 47.1 Å². The maximum atomic E-state index is 12.9. The highest BCUT2D eigenvalue weighted by Gasteiger charge is 2.24. The monoisotopic (exact) mass is 401 g/mol. The van der Waals surface area contributed by atoms with Gasteiger partial charge in [0.05, 0.1) is 6.54 Å². The first-order valence-electron chi connectivity index (χ1n) is 10.5. The van der Waals surface area contributed by atoms with Crippen LogP contribution in [0.3, 0.4) is 0 Å². The molecule has 5 heteroatoms. The highest BCUT2D eigenvalue weighted by Crippen LogP contribution is 2.30. The number of rotatable bonds is 5. The van der Waals surface area contributed by atoms with Crippen molar-refractivity contribution in [3.05, 3.63) is 71.8 Å². The maximum Gasteiger partial charge on any atom is 0.251 e. The second kappa shape index (κ2) is 8.57. The maximum absolute atomic E-state index is 12.9. The number of hydrogen-bond donors (Lipinski definition) is 2. The largest absolute Gasteiger partial charge is 0.362 e. The highest BCUT2D eigenvalue weighted by atomic mass is 16.2. The third kappa shape index (κ3) is 4.15. The molecule has 0 atom stereocenters. The molecule has 154 valence electrons. The summed E-state index contributed by atoms with van der Waals surface area (Å²) >= 11 is 0. The van der Waals surface area contributed by atoms with Gasteiger partial charge in [-0.05, 0) is 55.8 Å². The molecule has 5 nitrogen and oxygen atoms in total. The Kier molecular flexibility index (Phi) is 5.70. The van der Waals surface area contributed by atoms with Gasteiger partial charge in [-0.15, -0.1) is 0 Å². The van der Waals surface area contributed by atoms with Crippen LogP contribution in [0, 0.1) is 0 Å². The lowest BCUT2D eigenvalue weighted by molar-refractivity contribution is -0.115. The molecule has 0 radical (unpaired) electrons. The van der Waals surface area contributed by atoms with Gasteiger partial charge in [0.1, 0.15) is 0 Å². The van der Waals surface area contributed by atoms with Crippen LogP contribution in [0.15, 0.2) is 60.7 Å². The van der Waals surface area contributed by atoms with Crippen molar-refractivity contribution in [1.82, 2.24) is 5.32 Å². The van der Waals surface area contributed by atoms with Crippen molar-refractivity contribution in [3.8, 4) is 0 Å². The number of hydrogen-bond acceptors (Lipinski definition) is 3. The van der Waals surface area contributed by atoms with Gasteiger partial charge in [-0.1, -0.05) is 42.5 Å². The van der Waals surface area contributed by atoms with E-state index in [0.29, 0.717) is 5.56 Å². The molecule has 0 fully saturated rings. The summed E-state index contributed by atoms with van der Waals surface area (Å²) in [5.74, 6) is -0.111. The summed E-state index contributed by atoms with van der Waals surface area (Å²) in [5.41, 5.74) is 3.53. The van der Waals surface area contributed by atoms with Crippen LogP contribution < -0.4 is 15.5 Å². The number of amides is 2. The fraction of sp³-hybridized carbons (Fsp3) is 0.280. The zero-order valence-corrected chi connectivity index (χ0v) is 17.4. The van der Waals surface area contributed by atoms with Gasteiger partial charge < -0.3 is 15.5 Å². The molecule has 30 heavy (non-hydrogen) atoms. The van der Waals surface area contributed by atoms with Crippen molar-refractivity contribution in [3.63, 3.8) is 0 Å². The molecular weight excluding hydrogens is 374 g/mol. The number of carbonyl (C=O) groups is 2. The Bertz CT molecular complexity index is 1090. The molecule has 0 spiro atoms. The fourth-order valence-electron chi connectivity index (χ4n) is 4.12. The van der Waals surface area contributed by atoms with Crippen molar-refractivity contribution >= 4 is 34.0 Å². The molecule has 0 aromatic heterocycles. The van der Waals surface area contributed by atoms with Crippen molar-refractivity contribution in [2.45, 2.75) is 32.7 Å². The number of nitrogens with one attached hydrogen (secondary N) is 2. The first kappa shape index (κ1) is 20.0. The molecule has 2 N–H and O–H groups in total. The van der Waals surface area contributed by atoms with Gasteiger partial charge in [-0.25, -0.2) is 0 Å². The normalized spacial score (nSPS) is 13.2. The van der Waals surface area contributed by atoms with Crippen LogP contribution in [0.2, 0.25) is 0 Å². The summed E-state index contributed by atoms with van der Waals surface area (Å²) in [7, 11) is 0. The number of carbonyl (C=O) groups excluding carboxylic acids is 2. The zero-order valence-electron chi connectivity index (χ0n) is 17.4. The summed E-state index contributed by atoms with van der Waals surface area (Å²) in [6, 6.07) is 19.8. The third-order valence-electron chi connectivity index (χ3n) is 5.41. The van der Waals surface area contributed by atoms with Gasteiger partial charge in [0.25, 0.3) is 5.91 Å². The minimum Gasteiger partial charge on any atom is -0.362 e. The van der Waals surface area contributed by atoms with E-state index in [9.17, 15) is 9.59 Å². The van der Waals surface area contributed by atoms with Gasteiger partial charge in [-0.2, -0.15) is 0 Å². The van der Waals surface area contributed by atoms with Crippen LogP contribution in [-0.2, 0) is 11.2 Å². The van der Waals surface area contributed by atoms with Gasteiger partial charge in [0.15, 0.2) is 0 Å². The van der Waals surface area contributed by atoms with Crippen LogP contribution in [-0.4, -0.2) is 30.9 Å². The molecule has 2 amide bonds. The van der Waals surface area contributed by atoms with Gasteiger partial charge >= 0.3 is 0 Å². The molecule has 0 unspecified atom stereocenters. The standard InChI is InChI=1S/C25H27N3O2/c1-17(2)26-25(30)21-11-6-14-23-20(21)12-7-15-28(23)16-24(29)27-22-13-5-9-18-8-3-4-10-19(18)22/h3-6,8-11,13-14,17H,7,12,15-16H2,1-2H3,(H,26,30)(H,27,29). The van der Waals surface area contributed by atoms with Gasteiger partial charge in [-0.3, -0.25) is 9.59 Å². The molecule has 0 aliphatic carbocycles. The highest BCUT2D eigenvalue weighted by molar-refractivity contribution is 6.03. The average Bonchev–Trinajstić information content (AvgIpc) is 2.73. The van der Waals surface area contributed by atoms with E-state index >= 15 is 0 Å². The Hall–Kier alpha value is -3.34. The summed E-state index contributed by atoms with van der Waals surface area (Å²) < 4.78 is 0. The van der Waals surface area contributed by atoms with E-state index in [1.54, 1.807) is 0 Å². The Morgan fingerprint density at radius 2 is 1.77 bits per heavy atom. The van der Waals surface area contributed by atoms with E-state index < -0.39 is 0 Å². The van der Waals surface area contributed by atoms with Crippen LogP contribution in [0.5, 0.6) is 0 Å². The molecule has 1 heterocycles. The predicted molar refractivity (Wildman–Crippen MR) is 122 cm³/mol. The minimum absolute atomic E-state index is 0.0519. The average molecular weight is 402 g/mol. The molecule has 0 bridgehead atoms. The molecule has 4 rings (SSSR count). The number of nitrogens with zero attached hydrogens (tertiary/aromatic N) is 1. The Labute approximate surface area is 177 Å². The minimum atomic E-state index is -0.0590. The van der Waals surface area contributed by atoms with Gasteiger partial charge in [0.2, 0.25) is 5.91 Å². The van der Waals surface area contributed by atoms with E-state index in [1.165, 1.54) is 0 Å². The number of anilines is 2. The Morgan fingerprint density at radius 1 is 1.00 bits per heavy atom. The Morgan fingerprint density at radius 3 is 2.60 bits per heavy atom. The van der Waals surface area contributed by atoms with Crippen LogP contribution in [0.1, 0.15) is 36.2 Å². The zero-order chi connectivity index (χ0) is 21.1. The molecule has 0 saturated heterocycles. The molecule has 3 aromatic rings. The van der Waals surface area contributed by atoms with Crippen molar-refractivity contribution < 1.29 is 9.59 Å². The Balaban J connectivity index is 1.54. The van der Waals surface area contributed by atoms with E-state index in [2.05, 4.69) is 15.5 Å². The van der Waals surface area contributed by atoms with E-state index in [1.807, 2.05) is 74.5 Å². The first-order chi connectivity index (χ1) is 14.5. The van der Waals surface area contributed by atoms with E-state index in [4.69, 9.17) is 0 Å². The van der Waals surface area contributed by atoms with Gasteiger partial charge in [0, 0.05) is 34.9 Å². The summed E-state index contributed by atoms with van der Waals surface area (Å²) in [4.78, 5) is 27.6. The lowest BCUT2D eigenvalue weighted by Gasteiger charge is -2.32. The number of benzene rings is 3. The lowest BCUT2D eigenvalue weighted by atomic mass is 9.95. The molecule has 1 aliphatic heterocycles. The third-order valence-corrected chi connectivity index (χ3v) is 5.41. The van der Waals surface area contributed by atoms with Crippen LogP contribution in [0.25, 0.3) is 10.8 Å². The SMILES string of the molecule is CC(C)NC(=O)c1cccc2c1CCCN2CC(=O)Nc1cccc2ccccc12. The van der Waals surface area contributed by atoms with Crippen molar-refractivity contribution in [2.24, 2.45) is 0 Å². The summed E-state index contributed by atoms with van der Waals surface area (Å²) in [5, 5.41) is 8.17.